The van der Waals surface area contributed by atoms with E-state index in [0.29, 0.717) is 11.3 Å². The van der Waals surface area contributed by atoms with Gasteiger partial charge in [-0.15, -0.1) is 0 Å². The summed E-state index contributed by atoms with van der Waals surface area (Å²) in [6.07, 6.45) is 2.95. The van der Waals surface area contributed by atoms with Crippen LogP contribution >= 0.6 is 0 Å². The maximum absolute atomic E-state index is 12.6. The fraction of sp³-hybridized carbons (Fsp3) is 0.105. The number of hydrogen-bond donors (Lipinski definition) is 2. The first-order chi connectivity index (χ1) is 12.1. The molecule has 0 aliphatic rings. The van der Waals surface area contributed by atoms with Crippen LogP contribution in [0.2, 0.25) is 0 Å². The van der Waals surface area contributed by atoms with Crippen LogP contribution in [0.5, 0.6) is 5.75 Å². The Bertz CT molecular complexity index is 890. The molecule has 0 aliphatic carbocycles. The molecule has 3 aromatic rings. The molecular formula is C19H18N4O2. The molecule has 0 saturated carbocycles. The van der Waals surface area contributed by atoms with Crippen molar-refractivity contribution < 1.29 is 9.53 Å². The Morgan fingerprint density at radius 1 is 1.08 bits per heavy atom. The van der Waals surface area contributed by atoms with Crippen LogP contribution in [0.4, 0.5) is 11.6 Å². The number of methoxy groups -OCH3 is 1. The van der Waals surface area contributed by atoms with Crippen molar-refractivity contribution in [3.8, 4) is 16.9 Å². The molecule has 1 aromatic heterocycles. The maximum Gasteiger partial charge on any atom is 0.256 e. The normalized spacial score (nSPS) is 10.3. The van der Waals surface area contributed by atoms with Gasteiger partial charge in [-0.2, -0.15) is 0 Å². The van der Waals surface area contributed by atoms with E-state index in [4.69, 9.17) is 10.5 Å². The first-order valence-electron chi connectivity index (χ1n) is 7.71. The van der Waals surface area contributed by atoms with Crippen molar-refractivity contribution in [2.45, 2.75) is 6.92 Å². The van der Waals surface area contributed by atoms with Crippen molar-refractivity contribution in [1.82, 2.24) is 9.97 Å². The van der Waals surface area contributed by atoms with Crippen LogP contribution < -0.4 is 15.8 Å². The average Bonchev–Trinajstić information content (AvgIpc) is 2.64. The van der Waals surface area contributed by atoms with Crippen LogP contribution in [-0.4, -0.2) is 23.0 Å². The van der Waals surface area contributed by atoms with Gasteiger partial charge >= 0.3 is 0 Å². The molecule has 3 N–H and O–H groups in total. The van der Waals surface area contributed by atoms with Gasteiger partial charge < -0.3 is 15.8 Å². The van der Waals surface area contributed by atoms with Gasteiger partial charge in [-0.1, -0.05) is 24.3 Å². The van der Waals surface area contributed by atoms with Gasteiger partial charge in [0.1, 0.15) is 5.75 Å². The van der Waals surface area contributed by atoms with E-state index in [1.807, 2.05) is 43.3 Å². The van der Waals surface area contributed by atoms with Crippen molar-refractivity contribution in [1.29, 1.82) is 0 Å². The van der Waals surface area contributed by atoms with Gasteiger partial charge in [0.05, 0.1) is 25.2 Å². The number of nitrogens with one attached hydrogen (secondary N) is 1. The fourth-order valence-electron chi connectivity index (χ4n) is 2.57. The minimum absolute atomic E-state index is 0.163. The Morgan fingerprint density at radius 2 is 1.76 bits per heavy atom. The molecule has 2 aromatic carbocycles. The maximum atomic E-state index is 12.6. The number of aromatic nitrogens is 2. The molecule has 0 atom stereocenters. The Labute approximate surface area is 145 Å². The Hall–Kier alpha value is -3.41. The summed E-state index contributed by atoms with van der Waals surface area (Å²) in [6.45, 7) is 1.92. The molecule has 0 radical (unpaired) electrons. The fourth-order valence-corrected chi connectivity index (χ4v) is 2.57. The zero-order valence-electron chi connectivity index (χ0n) is 14.0. The molecule has 0 fully saturated rings. The summed E-state index contributed by atoms with van der Waals surface area (Å²) in [5.74, 6) is 0.732. The van der Waals surface area contributed by atoms with Crippen LogP contribution in [0.15, 0.2) is 54.9 Å². The van der Waals surface area contributed by atoms with Crippen LogP contribution in [-0.2, 0) is 0 Å². The largest absolute Gasteiger partial charge is 0.497 e. The average molecular weight is 334 g/mol. The molecule has 6 heteroatoms. The lowest BCUT2D eigenvalue weighted by Crippen LogP contribution is -2.14. The van der Waals surface area contributed by atoms with Crippen molar-refractivity contribution in [2.75, 3.05) is 18.2 Å². The molecule has 3 rings (SSSR count). The number of carbonyl (C=O) groups is 1. The second kappa shape index (κ2) is 7.00. The predicted molar refractivity (Wildman–Crippen MR) is 97.6 cm³/mol. The van der Waals surface area contributed by atoms with E-state index in [9.17, 15) is 4.79 Å². The summed E-state index contributed by atoms with van der Waals surface area (Å²) < 4.78 is 5.19. The Kier molecular flexibility index (Phi) is 4.61. The second-order valence-electron chi connectivity index (χ2n) is 5.49. The first-order valence-corrected chi connectivity index (χ1v) is 7.71. The van der Waals surface area contributed by atoms with E-state index < -0.39 is 0 Å². The minimum Gasteiger partial charge on any atom is -0.497 e. The van der Waals surface area contributed by atoms with Crippen molar-refractivity contribution in [2.24, 2.45) is 0 Å². The third kappa shape index (κ3) is 3.58. The smallest absolute Gasteiger partial charge is 0.256 e. The number of nitrogen functional groups attached to an aromatic ring is 1. The number of rotatable bonds is 4. The van der Waals surface area contributed by atoms with Crippen molar-refractivity contribution >= 4 is 17.5 Å². The third-order valence-electron chi connectivity index (χ3n) is 3.91. The molecule has 1 amide bonds. The zero-order chi connectivity index (χ0) is 17.8. The second-order valence-corrected chi connectivity index (χ2v) is 5.49. The van der Waals surface area contributed by atoms with Gasteiger partial charge in [-0.05, 0) is 41.8 Å². The first kappa shape index (κ1) is 16.4. The monoisotopic (exact) mass is 334 g/mol. The summed E-state index contributed by atoms with van der Waals surface area (Å²) in [6, 6.07) is 13.4. The van der Waals surface area contributed by atoms with Crippen molar-refractivity contribution in [3.63, 3.8) is 0 Å². The molecule has 126 valence electrons. The number of amides is 1. The zero-order valence-corrected chi connectivity index (χ0v) is 14.0. The predicted octanol–water partition coefficient (Wildman–Crippen LogP) is 3.30. The van der Waals surface area contributed by atoms with E-state index in [-0.39, 0.29) is 11.9 Å². The summed E-state index contributed by atoms with van der Waals surface area (Å²) in [7, 11) is 1.63. The summed E-state index contributed by atoms with van der Waals surface area (Å²) in [4.78, 5) is 20.3. The van der Waals surface area contributed by atoms with Crippen LogP contribution in [0.25, 0.3) is 11.1 Å². The molecular weight excluding hydrogens is 316 g/mol. The molecule has 0 saturated heterocycles. The number of ether oxygens (including phenoxy) is 1. The van der Waals surface area contributed by atoms with Crippen molar-refractivity contribution in [3.05, 3.63) is 66.0 Å². The summed E-state index contributed by atoms with van der Waals surface area (Å²) in [5, 5.41) is 2.78. The van der Waals surface area contributed by atoms with E-state index in [0.717, 1.165) is 22.4 Å². The van der Waals surface area contributed by atoms with Gasteiger partial charge in [-0.25, -0.2) is 9.97 Å². The van der Waals surface area contributed by atoms with Gasteiger partial charge in [-0.3, -0.25) is 4.79 Å². The number of carbonyl (C=O) groups excluding carboxylic acids is 1. The minimum atomic E-state index is -0.221. The topological polar surface area (TPSA) is 90.1 Å². The highest BCUT2D eigenvalue weighted by molar-refractivity contribution is 6.06. The highest BCUT2D eigenvalue weighted by atomic mass is 16.5. The molecule has 1 heterocycles. The van der Waals surface area contributed by atoms with Crippen LogP contribution in [0.3, 0.4) is 0 Å². The Morgan fingerprint density at radius 3 is 2.40 bits per heavy atom. The van der Waals surface area contributed by atoms with E-state index in [2.05, 4.69) is 15.3 Å². The number of hydrogen-bond acceptors (Lipinski definition) is 5. The lowest BCUT2D eigenvalue weighted by molar-refractivity contribution is 0.102. The molecule has 0 spiro atoms. The number of nitrogens with zero attached hydrogens (tertiary/aromatic N) is 2. The van der Waals surface area contributed by atoms with E-state index in [1.165, 1.54) is 12.4 Å². The molecule has 0 aliphatic heterocycles. The van der Waals surface area contributed by atoms with Gasteiger partial charge in [0.25, 0.3) is 5.91 Å². The number of benzene rings is 2. The quantitative estimate of drug-likeness (QED) is 0.764. The van der Waals surface area contributed by atoms with Crippen LogP contribution in [0.1, 0.15) is 15.9 Å². The molecule has 0 unspecified atom stereocenters. The number of nitrogens with two attached hydrogens (primary N) is 1. The lowest BCUT2D eigenvalue weighted by Gasteiger charge is -2.12. The summed E-state index contributed by atoms with van der Waals surface area (Å²) in [5.41, 5.74) is 9.43. The SMILES string of the molecule is COc1ccc(-c2cccc(C(=O)Nc3cnc(N)nc3)c2C)cc1. The standard InChI is InChI=1S/C19H18N4O2/c1-12-16(13-6-8-15(25-2)9-7-13)4-3-5-17(12)18(24)23-14-10-21-19(20)22-11-14/h3-11H,1-2H3,(H,23,24)(H2,20,21,22). The van der Waals surface area contributed by atoms with Crippen LogP contribution in [0, 0.1) is 6.92 Å². The van der Waals surface area contributed by atoms with Gasteiger partial charge in [0, 0.05) is 5.56 Å². The Balaban J connectivity index is 1.89. The third-order valence-corrected chi connectivity index (χ3v) is 3.91. The van der Waals surface area contributed by atoms with Gasteiger partial charge in [0.15, 0.2) is 0 Å². The number of anilines is 2. The molecule has 25 heavy (non-hydrogen) atoms. The highest BCUT2D eigenvalue weighted by Crippen LogP contribution is 2.27. The highest BCUT2D eigenvalue weighted by Gasteiger charge is 2.13. The summed E-state index contributed by atoms with van der Waals surface area (Å²) >= 11 is 0. The lowest BCUT2D eigenvalue weighted by atomic mass is 9.96. The molecule has 0 bridgehead atoms. The van der Waals surface area contributed by atoms with Gasteiger partial charge in [0.2, 0.25) is 5.95 Å². The van der Waals surface area contributed by atoms with E-state index >= 15 is 0 Å². The molecule has 6 nitrogen and oxygen atoms in total. The van der Waals surface area contributed by atoms with E-state index in [1.54, 1.807) is 13.2 Å².